The van der Waals surface area contributed by atoms with E-state index < -0.39 is 15.0 Å². The van der Waals surface area contributed by atoms with Crippen LogP contribution >= 0.6 is 12.8 Å². The zero-order valence-corrected chi connectivity index (χ0v) is 19.2. The van der Waals surface area contributed by atoms with Crippen molar-refractivity contribution in [2.45, 2.75) is 62.9 Å². The molecule has 0 spiro atoms. The maximum Gasteiger partial charge on any atom is 0.246 e. The molecule has 1 aromatic rings. The molecule has 0 radical (unpaired) electrons. The number of hydrogen-bond acceptors (Lipinski definition) is 5. The number of likely N-dealkylation sites (N-methyl/N-ethyl adjacent to an activating group) is 1. The number of amides is 1. The molecule has 0 aromatic heterocycles. The molecule has 1 N–H and O–H groups in total. The third-order valence-electron chi connectivity index (χ3n) is 6.83. The van der Waals surface area contributed by atoms with Crippen molar-refractivity contribution in [2.24, 2.45) is 0 Å². The third-order valence-corrected chi connectivity index (χ3v) is 9.31. The number of thiol groups is 1. The molecule has 6 nitrogen and oxygen atoms in total. The molecule has 160 valence electrons. The van der Waals surface area contributed by atoms with Gasteiger partial charge >= 0.3 is 0 Å². The van der Waals surface area contributed by atoms with Crippen molar-refractivity contribution < 1.29 is 13.6 Å². The molecular formula is C20H29N3O3S3. The van der Waals surface area contributed by atoms with Gasteiger partial charge in [0.15, 0.2) is 0 Å². The second kappa shape index (κ2) is 8.09. The van der Waals surface area contributed by atoms with Crippen LogP contribution in [0.2, 0.25) is 0 Å². The first kappa shape index (κ1) is 21.5. The topological polar surface area (TPSA) is 64.1 Å². The molecule has 1 aromatic carbocycles. The van der Waals surface area contributed by atoms with Crippen molar-refractivity contribution in [2.75, 3.05) is 24.5 Å². The highest BCUT2D eigenvalue weighted by atomic mass is 32.9. The van der Waals surface area contributed by atoms with Gasteiger partial charge in [-0.1, -0.05) is 38.3 Å². The summed E-state index contributed by atoms with van der Waals surface area (Å²) >= 11 is 8.55. The predicted octanol–water partition coefficient (Wildman–Crippen LogP) is 2.98. The Hall–Kier alpha value is -0.710. The van der Waals surface area contributed by atoms with E-state index in [-0.39, 0.29) is 11.3 Å². The molecule has 2 atom stereocenters. The van der Waals surface area contributed by atoms with Crippen LogP contribution in [0.3, 0.4) is 0 Å². The quantitative estimate of drug-likeness (QED) is 0.590. The van der Waals surface area contributed by atoms with Gasteiger partial charge in [-0.25, -0.2) is 4.21 Å². The minimum absolute atomic E-state index is 0.234. The highest BCUT2D eigenvalue weighted by Crippen LogP contribution is 2.50. The Kier molecular flexibility index (Phi) is 6.00. The molecule has 2 unspecified atom stereocenters. The predicted molar refractivity (Wildman–Crippen MR) is 122 cm³/mol. The van der Waals surface area contributed by atoms with Crippen molar-refractivity contribution in [3.05, 3.63) is 29.8 Å². The van der Waals surface area contributed by atoms with Crippen LogP contribution in [0.15, 0.2) is 24.3 Å². The summed E-state index contributed by atoms with van der Waals surface area (Å²) in [6.45, 7) is 4.97. The summed E-state index contributed by atoms with van der Waals surface area (Å²) in [5.74, 6) is -0.234. The summed E-state index contributed by atoms with van der Waals surface area (Å²) < 4.78 is 22.0. The van der Waals surface area contributed by atoms with Gasteiger partial charge in [-0.2, -0.15) is 0 Å². The van der Waals surface area contributed by atoms with Gasteiger partial charge < -0.3 is 4.90 Å². The maximum atomic E-state index is 12.7. The fourth-order valence-corrected chi connectivity index (χ4v) is 5.65. The van der Waals surface area contributed by atoms with E-state index in [1.165, 1.54) is 37.7 Å². The molecule has 4 rings (SSSR count). The number of carbonyl (C=O) groups excluding carboxylic acids is 1. The molecule has 0 bridgehead atoms. The first-order valence-corrected chi connectivity index (χ1v) is 13.2. The lowest BCUT2D eigenvalue weighted by atomic mass is 9.88. The Morgan fingerprint density at radius 3 is 2.41 bits per heavy atom. The standard InChI is InChI=1S/C20H29N3O3S3/c1-2-21(16-4-3-5-16)14-20(11-12-20)15-6-8-17(9-7-15)22-13-10-18(19(22)24)23(27)29(25,26)28/h6-9,16,18,27H,2-5,10-14H2,1H3,(H,25,26,28). The van der Waals surface area contributed by atoms with Crippen molar-refractivity contribution in [1.82, 2.24) is 8.61 Å². The monoisotopic (exact) mass is 455 g/mol. The Bertz CT molecular complexity index is 867. The van der Waals surface area contributed by atoms with Crippen molar-refractivity contribution >= 4 is 44.6 Å². The SMILES string of the molecule is CCN(CC1(c2ccc(N3CCC(N(S)S(=O)(O)=S)C3=O)cc2)CC1)C1CCC1. The molecule has 2 aliphatic carbocycles. The maximum absolute atomic E-state index is 12.7. The van der Waals surface area contributed by atoms with Crippen molar-refractivity contribution in [3.63, 3.8) is 0 Å². The Morgan fingerprint density at radius 2 is 1.93 bits per heavy atom. The van der Waals surface area contributed by atoms with E-state index in [2.05, 4.69) is 48.0 Å². The number of rotatable bonds is 8. The molecule has 1 amide bonds. The fourth-order valence-electron chi connectivity index (χ4n) is 4.61. The highest BCUT2D eigenvalue weighted by Gasteiger charge is 2.46. The van der Waals surface area contributed by atoms with Crippen LogP contribution in [0, 0.1) is 0 Å². The van der Waals surface area contributed by atoms with Gasteiger partial charge in [0.25, 0.3) is 0 Å². The Balaban J connectivity index is 1.45. The van der Waals surface area contributed by atoms with Gasteiger partial charge in [-0.3, -0.25) is 14.2 Å². The van der Waals surface area contributed by atoms with E-state index in [1.807, 2.05) is 12.1 Å². The van der Waals surface area contributed by atoms with Crippen LogP contribution in [0.4, 0.5) is 5.69 Å². The zero-order valence-electron chi connectivity index (χ0n) is 16.7. The molecule has 1 saturated heterocycles. The number of anilines is 1. The van der Waals surface area contributed by atoms with Gasteiger partial charge in [0.05, 0.1) is 0 Å². The van der Waals surface area contributed by atoms with E-state index in [0.717, 1.165) is 28.5 Å². The third kappa shape index (κ3) is 4.22. The molecule has 1 heterocycles. The highest BCUT2D eigenvalue weighted by molar-refractivity contribution is 8.30. The Morgan fingerprint density at radius 1 is 1.28 bits per heavy atom. The second-order valence-corrected chi connectivity index (χ2v) is 11.8. The zero-order chi connectivity index (χ0) is 20.8. The van der Waals surface area contributed by atoms with Gasteiger partial charge in [0.1, 0.15) is 6.04 Å². The van der Waals surface area contributed by atoms with Crippen LogP contribution in [0.5, 0.6) is 0 Å². The number of nitrogens with zero attached hydrogens (tertiary/aromatic N) is 3. The fraction of sp³-hybridized carbons (Fsp3) is 0.650. The van der Waals surface area contributed by atoms with E-state index in [4.69, 9.17) is 0 Å². The van der Waals surface area contributed by atoms with Gasteiger partial charge in [0, 0.05) is 41.4 Å². The van der Waals surface area contributed by atoms with Crippen LogP contribution < -0.4 is 4.90 Å². The number of hydrogen-bond donors (Lipinski definition) is 2. The number of carbonyl (C=O) groups is 1. The van der Waals surface area contributed by atoms with Gasteiger partial charge in [-0.05, 0) is 56.3 Å². The normalized spacial score (nSPS) is 26.0. The molecule has 9 heteroatoms. The molecule has 3 fully saturated rings. The minimum atomic E-state index is -3.68. The first-order chi connectivity index (χ1) is 13.7. The summed E-state index contributed by atoms with van der Waals surface area (Å²) in [4.78, 5) is 17.0. The van der Waals surface area contributed by atoms with Crippen molar-refractivity contribution in [3.8, 4) is 0 Å². The molecule has 2 saturated carbocycles. The smallest absolute Gasteiger partial charge is 0.246 e. The first-order valence-electron chi connectivity index (χ1n) is 10.4. The van der Waals surface area contributed by atoms with E-state index >= 15 is 0 Å². The van der Waals surface area contributed by atoms with Crippen LogP contribution in [-0.4, -0.2) is 55.0 Å². The largest absolute Gasteiger partial charge is 0.311 e. The molecule has 29 heavy (non-hydrogen) atoms. The van der Waals surface area contributed by atoms with E-state index in [0.29, 0.717) is 13.0 Å². The van der Waals surface area contributed by atoms with Gasteiger partial charge in [0.2, 0.25) is 14.9 Å². The lowest BCUT2D eigenvalue weighted by molar-refractivity contribution is -0.119. The molecule has 3 aliphatic rings. The minimum Gasteiger partial charge on any atom is -0.311 e. The van der Waals surface area contributed by atoms with Gasteiger partial charge in [-0.15, -0.1) is 3.71 Å². The second-order valence-electron chi connectivity index (χ2n) is 8.52. The van der Waals surface area contributed by atoms with Crippen molar-refractivity contribution in [1.29, 1.82) is 0 Å². The van der Waals surface area contributed by atoms with Crippen LogP contribution in [0.1, 0.15) is 51.0 Å². The lowest BCUT2D eigenvalue weighted by Crippen LogP contribution is -2.44. The van der Waals surface area contributed by atoms with E-state index in [9.17, 15) is 13.6 Å². The van der Waals surface area contributed by atoms with Crippen LogP contribution in [0.25, 0.3) is 0 Å². The summed E-state index contributed by atoms with van der Waals surface area (Å²) in [6.07, 6.45) is 6.88. The van der Waals surface area contributed by atoms with Crippen LogP contribution in [-0.2, 0) is 30.4 Å². The average molecular weight is 456 g/mol. The summed E-state index contributed by atoms with van der Waals surface area (Å²) in [7, 11) is -3.68. The summed E-state index contributed by atoms with van der Waals surface area (Å²) in [5.41, 5.74) is 2.43. The number of benzene rings is 1. The summed E-state index contributed by atoms with van der Waals surface area (Å²) in [5, 5.41) is 0. The van der Waals surface area contributed by atoms with E-state index in [1.54, 1.807) is 4.90 Å². The lowest BCUT2D eigenvalue weighted by Gasteiger charge is -2.39. The molecular weight excluding hydrogens is 426 g/mol. The molecule has 1 aliphatic heterocycles. The summed E-state index contributed by atoms with van der Waals surface area (Å²) in [6, 6.07) is 8.29. The Labute approximate surface area is 183 Å². The average Bonchev–Trinajstić information content (AvgIpc) is 3.33.